The molecule has 3 rings (SSSR count). The quantitative estimate of drug-likeness (QED) is 0.879. The van der Waals surface area contributed by atoms with Gasteiger partial charge in [-0.2, -0.15) is 0 Å². The summed E-state index contributed by atoms with van der Waals surface area (Å²) in [5, 5.41) is 4.94. The van der Waals surface area contributed by atoms with E-state index in [1.165, 1.54) is 5.56 Å². The maximum absolute atomic E-state index is 6.21. The lowest BCUT2D eigenvalue weighted by Crippen LogP contribution is -2.26. The molecule has 2 aromatic rings. The van der Waals surface area contributed by atoms with Crippen LogP contribution in [0.1, 0.15) is 12.0 Å². The summed E-state index contributed by atoms with van der Waals surface area (Å²) in [6.07, 6.45) is 1.12. The Hall–Kier alpha value is -1.22. The number of halogens is 2. The molecule has 4 heteroatoms. The third kappa shape index (κ3) is 3.91. The smallest absolute Gasteiger partial charge is 0.0638 e. The van der Waals surface area contributed by atoms with Gasteiger partial charge in [0.15, 0.2) is 0 Å². The van der Waals surface area contributed by atoms with Gasteiger partial charge in [0.25, 0.3) is 0 Å². The minimum absolute atomic E-state index is 0.421. The van der Waals surface area contributed by atoms with E-state index in [2.05, 4.69) is 40.5 Å². The molecule has 21 heavy (non-hydrogen) atoms. The fraction of sp³-hybridized carbons (Fsp3) is 0.294. The molecule has 0 saturated carbocycles. The molecule has 1 aliphatic rings. The molecule has 1 aliphatic heterocycles. The van der Waals surface area contributed by atoms with Gasteiger partial charge in [0.05, 0.1) is 10.7 Å². The molecule has 1 unspecified atom stereocenters. The summed E-state index contributed by atoms with van der Waals surface area (Å²) in [7, 11) is 0. The lowest BCUT2D eigenvalue weighted by Gasteiger charge is -2.18. The molecule has 1 fully saturated rings. The van der Waals surface area contributed by atoms with Gasteiger partial charge in [0, 0.05) is 30.7 Å². The third-order valence-electron chi connectivity index (χ3n) is 3.81. The summed E-state index contributed by atoms with van der Waals surface area (Å²) in [5.41, 5.74) is 2.29. The van der Waals surface area contributed by atoms with Crippen molar-refractivity contribution in [2.24, 2.45) is 0 Å². The van der Waals surface area contributed by atoms with Gasteiger partial charge in [-0.25, -0.2) is 0 Å². The van der Waals surface area contributed by atoms with E-state index in [4.69, 9.17) is 23.2 Å². The minimum atomic E-state index is 0.421. The van der Waals surface area contributed by atoms with Crippen LogP contribution in [0.4, 0.5) is 5.69 Å². The van der Waals surface area contributed by atoms with Crippen molar-refractivity contribution in [3.63, 3.8) is 0 Å². The molecule has 0 aromatic heterocycles. The molecule has 0 amide bonds. The van der Waals surface area contributed by atoms with Crippen molar-refractivity contribution < 1.29 is 0 Å². The first-order valence-corrected chi connectivity index (χ1v) is 7.94. The maximum atomic E-state index is 6.21. The maximum Gasteiger partial charge on any atom is 0.0638 e. The van der Waals surface area contributed by atoms with Crippen LogP contribution in [0.15, 0.2) is 48.5 Å². The van der Waals surface area contributed by atoms with Gasteiger partial charge in [-0.1, -0.05) is 53.5 Å². The van der Waals surface area contributed by atoms with E-state index in [1.807, 2.05) is 18.2 Å². The van der Waals surface area contributed by atoms with Crippen molar-refractivity contribution in [2.45, 2.75) is 19.0 Å². The van der Waals surface area contributed by atoms with E-state index in [0.29, 0.717) is 11.1 Å². The predicted octanol–water partition coefficient (Wildman–Crippen LogP) is 4.68. The van der Waals surface area contributed by atoms with E-state index in [9.17, 15) is 0 Å². The van der Waals surface area contributed by atoms with Crippen LogP contribution in [0, 0.1) is 0 Å². The summed E-state index contributed by atoms with van der Waals surface area (Å²) in [6, 6.07) is 16.5. The Morgan fingerprint density at radius 1 is 1.10 bits per heavy atom. The first-order chi connectivity index (χ1) is 10.2. The molecule has 2 nitrogen and oxygen atoms in total. The Morgan fingerprint density at radius 2 is 1.90 bits per heavy atom. The monoisotopic (exact) mass is 320 g/mol. The number of hydrogen-bond acceptors (Lipinski definition) is 2. The summed E-state index contributed by atoms with van der Waals surface area (Å²) in [5.74, 6) is 0. The average molecular weight is 321 g/mol. The zero-order chi connectivity index (χ0) is 14.7. The van der Waals surface area contributed by atoms with Crippen LogP contribution >= 0.6 is 23.2 Å². The summed E-state index contributed by atoms with van der Waals surface area (Å²) in [6.45, 7) is 3.13. The predicted molar refractivity (Wildman–Crippen MR) is 90.2 cm³/mol. The van der Waals surface area contributed by atoms with Crippen LogP contribution in [0.25, 0.3) is 0 Å². The van der Waals surface area contributed by atoms with Gasteiger partial charge in [0.1, 0.15) is 0 Å². The zero-order valence-corrected chi connectivity index (χ0v) is 13.2. The Kier molecular flexibility index (Phi) is 4.69. The fourth-order valence-electron chi connectivity index (χ4n) is 2.76. The zero-order valence-electron chi connectivity index (χ0n) is 11.7. The molecule has 0 spiro atoms. The molecule has 0 aliphatic carbocycles. The van der Waals surface area contributed by atoms with Crippen LogP contribution in [-0.4, -0.2) is 24.0 Å². The van der Waals surface area contributed by atoms with Gasteiger partial charge < -0.3 is 5.32 Å². The van der Waals surface area contributed by atoms with E-state index < -0.39 is 0 Å². The summed E-state index contributed by atoms with van der Waals surface area (Å²) >= 11 is 12.2. The Bertz CT molecular complexity index is 601. The van der Waals surface area contributed by atoms with Crippen LogP contribution in [0.2, 0.25) is 10.0 Å². The highest BCUT2D eigenvalue weighted by molar-refractivity contribution is 6.35. The lowest BCUT2D eigenvalue weighted by molar-refractivity contribution is 0.328. The van der Waals surface area contributed by atoms with Crippen molar-refractivity contribution in [2.75, 3.05) is 18.4 Å². The van der Waals surface area contributed by atoms with Gasteiger partial charge in [-0.3, -0.25) is 4.90 Å². The molecule has 1 atom stereocenters. The second kappa shape index (κ2) is 6.69. The molecular weight excluding hydrogens is 303 g/mol. The van der Waals surface area contributed by atoms with Gasteiger partial charge >= 0.3 is 0 Å². The van der Waals surface area contributed by atoms with E-state index >= 15 is 0 Å². The van der Waals surface area contributed by atoms with Crippen molar-refractivity contribution >= 4 is 28.9 Å². The normalized spacial score (nSPS) is 18.9. The first kappa shape index (κ1) is 14.7. The van der Waals surface area contributed by atoms with Crippen molar-refractivity contribution in [3.8, 4) is 0 Å². The molecule has 0 bridgehead atoms. The van der Waals surface area contributed by atoms with Crippen molar-refractivity contribution in [3.05, 3.63) is 64.1 Å². The number of benzene rings is 2. The SMILES string of the molecule is Clc1ccc(Cl)c(NC2CCN(Cc3ccccc3)C2)c1. The topological polar surface area (TPSA) is 15.3 Å². The van der Waals surface area contributed by atoms with Crippen LogP contribution < -0.4 is 5.32 Å². The molecule has 1 saturated heterocycles. The largest absolute Gasteiger partial charge is 0.380 e. The van der Waals surface area contributed by atoms with Crippen molar-refractivity contribution in [1.82, 2.24) is 4.90 Å². The molecule has 0 radical (unpaired) electrons. The van der Waals surface area contributed by atoms with Crippen LogP contribution in [0.3, 0.4) is 0 Å². The average Bonchev–Trinajstić information content (AvgIpc) is 2.91. The summed E-state index contributed by atoms with van der Waals surface area (Å²) < 4.78 is 0. The number of likely N-dealkylation sites (tertiary alicyclic amines) is 1. The number of nitrogens with zero attached hydrogens (tertiary/aromatic N) is 1. The third-order valence-corrected chi connectivity index (χ3v) is 4.37. The number of anilines is 1. The Balaban J connectivity index is 1.58. The van der Waals surface area contributed by atoms with E-state index in [1.54, 1.807) is 0 Å². The van der Waals surface area contributed by atoms with Gasteiger partial charge in [0.2, 0.25) is 0 Å². The van der Waals surface area contributed by atoms with Crippen LogP contribution in [-0.2, 0) is 6.54 Å². The fourth-order valence-corrected chi connectivity index (χ4v) is 3.11. The number of nitrogens with one attached hydrogen (secondary N) is 1. The lowest BCUT2D eigenvalue weighted by atomic mass is 10.2. The standard InChI is InChI=1S/C17H18Cl2N2/c18-14-6-7-16(19)17(10-14)20-15-8-9-21(12-15)11-13-4-2-1-3-5-13/h1-7,10,15,20H,8-9,11-12H2. The molecule has 2 aromatic carbocycles. The Labute approximate surface area is 135 Å². The second-order valence-corrected chi connectivity index (χ2v) is 6.32. The van der Waals surface area contributed by atoms with E-state index in [0.717, 1.165) is 36.8 Å². The Morgan fingerprint density at radius 3 is 2.71 bits per heavy atom. The molecular formula is C17H18Cl2N2. The number of rotatable bonds is 4. The number of hydrogen-bond donors (Lipinski definition) is 1. The molecule has 1 heterocycles. The van der Waals surface area contributed by atoms with Crippen molar-refractivity contribution in [1.29, 1.82) is 0 Å². The first-order valence-electron chi connectivity index (χ1n) is 7.18. The highest BCUT2D eigenvalue weighted by Gasteiger charge is 2.22. The molecule has 1 N–H and O–H groups in total. The van der Waals surface area contributed by atoms with Crippen LogP contribution in [0.5, 0.6) is 0 Å². The minimum Gasteiger partial charge on any atom is -0.380 e. The van der Waals surface area contributed by atoms with E-state index in [-0.39, 0.29) is 0 Å². The summed E-state index contributed by atoms with van der Waals surface area (Å²) in [4.78, 5) is 2.46. The molecule has 110 valence electrons. The highest BCUT2D eigenvalue weighted by Crippen LogP contribution is 2.27. The van der Waals surface area contributed by atoms with Gasteiger partial charge in [-0.15, -0.1) is 0 Å². The second-order valence-electron chi connectivity index (χ2n) is 5.47. The highest BCUT2D eigenvalue weighted by atomic mass is 35.5. The van der Waals surface area contributed by atoms with Gasteiger partial charge in [-0.05, 0) is 30.2 Å².